The van der Waals surface area contributed by atoms with Crippen LogP contribution in [0, 0.1) is 24.1 Å². The quantitative estimate of drug-likeness (QED) is 0.814. The molecule has 1 aromatic carbocycles. The van der Waals surface area contributed by atoms with Crippen LogP contribution in [0.5, 0.6) is 0 Å². The highest BCUT2D eigenvalue weighted by Crippen LogP contribution is 2.25. The van der Waals surface area contributed by atoms with E-state index in [1.54, 1.807) is 25.1 Å². The monoisotopic (exact) mass is 227 g/mol. The predicted octanol–water partition coefficient (Wildman–Crippen LogP) is 2.65. The molecule has 0 bridgehead atoms. The number of benzene rings is 1. The Kier molecular flexibility index (Phi) is 2.75. The third-order valence-corrected chi connectivity index (χ3v) is 2.50. The van der Waals surface area contributed by atoms with Crippen molar-refractivity contribution in [2.24, 2.45) is 0 Å². The first-order valence-electron chi connectivity index (χ1n) is 5.05. The van der Waals surface area contributed by atoms with Crippen LogP contribution in [-0.2, 0) is 0 Å². The summed E-state index contributed by atoms with van der Waals surface area (Å²) in [5.74, 6) is -0.123. The van der Waals surface area contributed by atoms with Gasteiger partial charge in [-0.05, 0) is 30.7 Å². The van der Waals surface area contributed by atoms with E-state index in [0.717, 1.165) is 5.56 Å². The molecule has 0 aliphatic carbocycles. The van der Waals surface area contributed by atoms with Gasteiger partial charge in [-0.2, -0.15) is 5.26 Å². The Bertz CT molecular complexity index is 615. The second-order valence-corrected chi connectivity index (χ2v) is 3.68. The standard InChI is InChI=1S/C13H10FN3/c1-8-12(6-10(7-15)13(16)17-8)9-3-2-4-11(14)5-9/h2-6H,1H3,(H2,16,17). The van der Waals surface area contributed by atoms with Crippen molar-refractivity contribution in [3.8, 4) is 17.2 Å². The average molecular weight is 227 g/mol. The Morgan fingerprint density at radius 2 is 2.12 bits per heavy atom. The summed E-state index contributed by atoms with van der Waals surface area (Å²) in [6.07, 6.45) is 0. The molecule has 0 radical (unpaired) electrons. The number of aryl methyl sites for hydroxylation is 1. The van der Waals surface area contributed by atoms with E-state index in [1.807, 2.05) is 6.07 Å². The molecular weight excluding hydrogens is 217 g/mol. The van der Waals surface area contributed by atoms with E-state index in [0.29, 0.717) is 16.8 Å². The lowest BCUT2D eigenvalue weighted by Crippen LogP contribution is -1.98. The lowest BCUT2D eigenvalue weighted by Gasteiger charge is -2.07. The van der Waals surface area contributed by atoms with E-state index in [9.17, 15) is 4.39 Å². The number of hydrogen-bond acceptors (Lipinski definition) is 3. The Labute approximate surface area is 98.3 Å². The maximum Gasteiger partial charge on any atom is 0.141 e. The molecule has 2 rings (SSSR count). The lowest BCUT2D eigenvalue weighted by atomic mass is 10.0. The van der Waals surface area contributed by atoms with Gasteiger partial charge in [0.25, 0.3) is 0 Å². The highest BCUT2D eigenvalue weighted by atomic mass is 19.1. The van der Waals surface area contributed by atoms with Crippen LogP contribution in [0.25, 0.3) is 11.1 Å². The van der Waals surface area contributed by atoms with Crippen molar-refractivity contribution in [3.05, 3.63) is 47.4 Å². The maximum absolute atomic E-state index is 13.1. The number of nitrogens with two attached hydrogens (primary N) is 1. The van der Waals surface area contributed by atoms with E-state index in [2.05, 4.69) is 4.98 Å². The molecule has 2 N–H and O–H groups in total. The van der Waals surface area contributed by atoms with Crippen LogP contribution in [0.2, 0.25) is 0 Å². The summed E-state index contributed by atoms with van der Waals surface area (Å²) in [6, 6.07) is 9.76. The highest BCUT2D eigenvalue weighted by Gasteiger charge is 2.08. The van der Waals surface area contributed by atoms with Crippen LogP contribution in [0.3, 0.4) is 0 Å². The number of nitrogen functional groups attached to an aromatic ring is 1. The van der Waals surface area contributed by atoms with Gasteiger partial charge < -0.3 is 5.73 Å². The molecule has 84 valence electrons. The first-order chi connectivity index (χ1) is 8.11. The van der Waals surface area contributed by atoms with Crippen LogP contribution in [-0.4, -0.2) is 4.98 Å². The molecule has 4 heteroatoms. The van der Waals surface area contributed by atoms with Crippen LogP contribution < -0.4 is 5.73 Å². The minimum absolute atomic E-state index is 0.199. The molecule has 0 aliphatic heterocycles. The van der Waals surface area contributed by atoms with Crippen LogP contribution in [0.15, 0.2) is 30.3 Å². The van der Waals surface area contributed by atoms with Gasteiger partial charge in [-0.25, -0.2) is 9.37 Å². The number of halogens is 1. The second kappa shape index (κ2) is 4.22. The third-order valence-electron chi connectivity index (χ3n) is 2.50. The summed E-state index contributed by atoms with van der Waals surface area (Å²) < 4.78 is 13.1. The SMILES string of the molecule is Cc1nc(N)c(C#N)cc1-c1cccc(F)c1. The van der Waals surface area contributed by atoms with Gasteiger partial charge in [0.05, 0.1) is 5.56 Å². The molecule has 1 aromatic heterocycles. The zero-order valence-electron chi connectivity index (χ0n) is 9.24. The smallest absolute Gasteiger partial charge is 0.141 e. The molecule has 0 unspecified atom stereocenters. The van der Waals surface area contributed by atoms with Gasteiger partial charge in [-0.15, -0.1) is 0 Å². The van der Waals surface area contributed by atoms with Crippen LogP contribution >= 0.6 is 0 Å². The molecule has 0 aliphatic rings. The van der Waals surface area contributed by atoms with Crippen molar-refractivity contribution in [3.63, 3.8) is 0 Å². The van der Waals surface area contributed by atoms with Gasteiger partial charge >= 0.3 is 0 Å². The fraction of sp³-hybridized carbons (Fsp3) is 0.0769. The zero-order valence-corrected chi connectivity index (χ0v) is 9.24. The van der Waals surface area contributed by atoms with Crippen molar-refractivity contribution < 1.29 is 4.39 Å². The van der Waals surface area contributed by atoms with Crippen molar-refractivity contribution in [2.45, 2.75) is 6.92 Å². The minimum atomic E-state index is -0.322. The third kappa shape index (κ3) is 2.08. The number of aromatic nitrogens is 1. The van der Waals surface area contributed by atoms with Gasteiger partial charge in [0, 0.05) is 11.3 Å². The Morgan fingerprint density at radius 1 is 1.35 bits per heavy atom. The molecule has 0 fully saturated rings. The number of nitriles is 1. The summed E-state index contributed by atoms with van der Waals surface area (Å²) in [6.45, 7) is 1.78. The molecular formula is C13H10FN3. The van der Waals surface area contributed by atoms with E-state index < -0.39 is 0 Å². The maximum atomic E-state index is 13.1. The number of nitrogens with zero attached hydrogens (tertiary/aromatic N) is 2. The summed E-state index contributed by atoms with van der Waals surface area (Å²) in [5.41, 5.74) is 7.98. The van der Waals surface area contributed by atoms with E-state index in [1.165, 1.54) is 12.1 Å². The number of anilines is 1. The van der Waals surface area contributed by atoms with Crippen molar-refractivity contribution in [1.82, 2.24) is 4.98 Å². The van der Waals surface area contributed by atoms with Crippen LogP contribution in [0.1, 0.15) is 11.3 Å². The van der Waals surface area contributed by atoms with Gasteiger partial charge in [0.1, 0.15) is 17.7 Å². The average Bonchev–Trinajstić information content (AvgIpc) is 2.29. The first kappa shape index (κ1) is 11.1. The zero-order chi connectivity index (χ0) is 12.4. The molecule has 0 atom stereocenters. The number of hydrogen-bond donors (Lipinski definition) is 1. The van der Waals surface area contributed by atoms with Crippen molar-refractivity contribution in [2.75, 3.05) is 5.73 Å². The second-order valence-electron chi connectivity index (χ2n) is 3.68. The Morgan fingerprint density at radius 3 is 2.76 bits per heavy atom. The molecule has 0 saturated heterocycles. The molecule has 0 saturated carbocycles. The largest absolute Gasteiger partial charge is 0.383 e. The highest BCUT2D eigenvalue weighted by molar-refractivity contribution is 5.70. The van der Waals surface area contributed by atoms with E-state index in [-0.39, 0.29) is 11.6 Å². The molecule has 3 nitrogen and oxygen atoms in total. The van der Waals surface area contributed by atoms with Gasteiger partial charge in [0.15, 0.2) is 0 Å². The Balaban J connectivity index is 2.64. The normalized spacial score (nSPS) is 9.94. The molecule has 1 heterocycles. The van der Waals surface area contributed by atoms with E-state index in [4.69, 9.17) is 11.0 Å². The summed E-state index contributed by atoms with van der Waals surface area (Å²) in [4.78, 5) is 4.08. The van der Waals surface area contributed by atoms with Gasteiger partial charge in [-0.1, -0.05) is 12.1 Å². The number of pyridine rings is 1. The fourth-order valence-electron chi connectivity index (χ4n) is 1.66. The minimum Gasteiger partial charge on any atom is -0.383 e. The van der Waals surface area contributed by atoms with E-state index >= 15 is 0 Å². The van der Waals surface area contributed by atoms with Crippen molar-refractivity contribution in [1.29, 1.82) is 5.26 Å². The fourth-order valence-corrected chi connectivity index (χ4v) is 1.66. The molecule has 17 heavy (non-hydrogen) atoms. The predicted molar refractivity (Wildman–Crippen MR) is 63.5 cm³/mol. The van der Waals surface area contributed by atoms with Gasteiger partial charge in [-0.3, -0.25) is 0 Å². The lowest BCUT2D eigenvalue weighted by molar-refractivity contribution is 0.628. The van der Waals surface area contributed by atoms with Gasteiger partial charge in [0.2, 0.25) is 0 Å². The molecule has 0 spiro atoms. The summed E-state index contributed by atoms with van der Waals surface area (Å²) in [5, 5.41) is 8.89. The topological polar surface area (TPSA) is 62.7 Å². The summed E-state index contributed by atoms with van der Waals surface area (Å²) in [7, 11) is 0. The van der Waals surface area contributed by atoms with Crippen molar-refractivity contribution >= 4 is 5.82 Å². The molecule has 2 aromatic rings. The Hall–Kier alpha value is -2.41. The van der Waals surface area contributed by atoms with Crippen LogP contribution in [0.4, 0.5) is 10.2 Å². The first-order valence-corrected chi connectivity index (χ1v) is 5.05. The molecule has 0 amide bonds. The number of rotatable bonds is 1. The summed E-state index contributed by atoms with van der Waals surface area (Å²) >= 11 is 0.